The number of carboxylic acids is 1. The van der Waals surface area contributed by atoms with Crippen LogP contribution in [0.15, 0.2) is 60.7 Å². The zero-order valence-electron chi connectivity index (χ0n) is 12.6. The van der Waals surface area contributed by atoms with Crippen molar-refractivity contribution in [3.05, 3.63) is 71.8 Å². The summed E-state index contributed by atoms with van der Waals surface area (Å²) in [6, 6.07) is 18.8. The number of carbonyl (C=O) groups excluding carboxylic acids is 1. The van der Waals surface area contributed by atoms with Gasteiger partial charge in [0.05, 0.1) is 6.42 Å². The van der Waals surface area contributed by atoms with E-state index in [0.29, 0.717) is 13.0 Å². The fourth-order valence-corrected chi connectivity index (χ4v) is 1.61. The minimum absolute atomic E-state index is 0.112. The molecular weight excluding hydrogens is 280 g/mol. The average molecular weight is 300 g/mol. The molecule has 0 saturated carbocycles. The second-order valence-electron chi connectivity index (χ2n) is 4.56. The number of hydrogen-bond donors (Lipinski definition) is 1. The molecule has 0 aromatic heterocycles. The second-order valence-corrected chi connectivity index (χ2v) is 4.56. The lowest BCUT2D eigenvalue weighted by atomic mass is 10.2. The summed E-state index contributed by atoms with van der Waals surface area (Å²) in [5.41, 5.74) is 1.87. The Balaban J connectivity index is 0.000000224. The van der Waals surface area contributed by atoms with E-state index in [1.807, 2.05) is 48.5 Å². The number of hydrogen-bond acceptors (Lipinski definition) is 3. The molecule has 0 aliphatic rings. The number of aliphatic carboxylic acids is 1. The van der Waals surface area contributed by atoms with Crippen molar-refractivity contribution >= 4 is 11.9 Å². The number of benzene rings is 2. The van der Waals surface area contributed by atoms with Gasteiger partial charge in [0.1, 0.15) is 6.61 Å². The number of carbonyl (C=O) groups is 2. The maximum Gasteiger partial charge on any atom is 0.307 e. The average Bonchev–Trinajstić information content (AvgIpc) is 2.54. The van der Waals surface area contributed by atoms with E-state index in [2.05, 4.69) is 0 Å². The van der Waals surface area contributed by atoms with Crippen LogP contribution in [0.1, 0.15) is 24.5 Å². The zero-order chi connectivity index (χ0) is 16.2. The third-order valence-corrected chi connectivity index (χ3v) is 2.73. The van der Waals surface area contributed by atoms with E-state index in [1.54, 1.807) is 19.1 Å². The molecule has 2 rings (SSSR count). The summed E-state index contributed by atoms with van der Waals surface area (Å²) in [5, 5.41) is 8.37. The molecule has 0 saturated heterocycles. The van der Waals surface area contributed by atoms with Gasteiger partial charge in [-0.2, -0.15) is 0 Å². The van der Waals surface area contributed by atoms with Gasteiger partial charge in [0.15, 0.2) is 0 Å². The molecule has 4 heteroatoms. The maximum absolute atomic E-state index is 10.8. The van der Waals surface area contributed by atoms with Crippen LogP contribution in [0.5, 0.6) is 0 Å². The van der Waals surface area contributed by atoms with Crippen molar-refractivity contribution in [3.63, 3.8) is 0 Å². The van der Waals surface area contributed by atoms with Gasteiger partial charge in [0.25, 0.3) is 0 Å². The Labute approximate surface area is 130 Å². The number of ether oxygens (including phenoxy) is 1. The molecule has 116 valence electrons. The van der Waals surface area contributed by atoms with Gasteiger partial charge < -0.3 is 9.84 Å². The SMILES string of the molecule is CCC(=O)OCc1ccccc1.O=C(O)Cc1ccccc1. The summed E-state index contributed by atoms with van der Waals surface area (Å²) in [4.78, 5) is 20.9. The lowest BCUT2D eigenvalue weighted by molar-refractivity contribution is -0.144. The van der Waals surface area contributed by atoms with Crippen LogP contribution in [0.25, 0.3) is 0 Å². The van der Waals surface area contributed by atoms with Crippen LogP contribution in [-0.2, 0) is 27.4 Å². The first-order chi connectivity index (χ1) is 10.6. The summed E-state index contributed by atoms with van der Waals surface area (Å²) in [5.74, 6) is -0.940. The van der Waals surface area contributed by atoms with E-state index in [9.17, 15) is 9.59 Å². The third kappa shape index (κ3) is 7.85. The van der Waals surface area contributed by atoms with Gasteiger partial charge in [0, 0.05) is 6.42 Å². The molecule has 0 aliphatic carbocycles. The van der Waals surface area contributed by atoms with Crippen LogP contribution in [0, 0.1) is 0 Å². The van der Waals surface area contributed by atoms with Crippen molar-refractivity contribution in [2.24, 2.45) is 0 Å². The smallest absolute Gasteiger partial charge is 0.307 e. The van der Waals surface area contributed by atoms with Crippen molar-refractivity contribution < 1.29 is 19.4 Å². The van der Waals surface area contributed by atoms with Gasteiger partial charge in [0.2, 0.25) is 0 Å². The first-order valence-corrected chi connectivity index (χ1v) is 7.07. The topological polar surface area (TPSA) is 63.6 Å². The Hall–Kier alpha value is -2.62. The fraction of sp³-hybridized carbons (Fsp3) is 0.222. The van der Waals surface area contributed by atoms with Crippen LogP contribution >= 0.6 is 0 Å². The molecule has 2 aromatic rings. The minimum Gasteiger partial charge on any atom is -0.481 e. The molecule has 0 atom stereocenters. The van der Waals surface area contributed by atoms with Gasteiger partial charge >= 0.3 is 11.9 Å². The highest BCUT2D eigenvalue weighted by Gasteiger charge is 1.98. The Kier molecular flexibility index (Phi) is 8.05. The lowest BCUT2D eigenvalue weighted by Gasteiger charge is -2.01. The number of carboxylic acid groups (broad SMARTS) is 1. The molecule has 2 aromatic carbocycles. The highest BCUT2D eigenvalue weighted by atomic mass is 16.5. The molecule has 0 unspecified atom stereocenters. The molecule has 1 N–H and O–H groups in total. The van der Waals surface area contributed by atoms with Crippen molar-refractivity contribution in [2.45, 2.75) is 26.4 Å². The largest absolute Gasteiger partial charge is 0.481 e. The van der Waals surface area contributed by atoms with E-state index in [1.165, 1.54) is 0 Å². The van der Waals surface area contributed by atoms with Gasteiger partial charge in [-0.25, -0.2) is 0 Å². The Morgan fingerprint density at radius 1 is 0.909 bits per heavy atom. The van der Waals surface area contributed by atoms with E-state index in [-0.39, 0.29) is 12.4 Å². The predicted octanol–water partition coefficient (Wildman–Crippen LogP) is 3.45. The highest BCUT2D eigenvalue weighted by molar-refractivity contribution is 5.70. The lowest BCUT2D eigenvalue weighted by Crippen LogP contribution is -2.01. The van der Waals surface area contributed by atoms with E-state index in [0.717, 1.165) is 11.1 Å². The molecule has 22 heavy (non-hydrogen) atoms. The maximum atomic E-state index is 10.8. The number of esters is 1. The van der Waals surface area contributed by atoms with E-state index < -0.39 is 5.97 Å². The highest BCUT2D eigenvalue weighted by Crippen LogP contribution is 2.01. The fourth-order valence-electron chi connectivity index (χ4n) is 1.61. The summed E-state index contributed by atoms with van der Waals surface area (Å²) < 4.78 is 4.94. The van der Waals surface area contributed by atoms with Gasteiger partial charge in [-0.15, -0.1) is 0 Å². The normalized spacial score (nSPS) is 9.32. The standard InChI is InChI=1S/C10H12O2.C8H8O2/c1-2-10(11)12-8-9-6-4-3-5-7-9;9-8(10)6-7-4-2-1-3-5-7/h3-7H,2,8H2,1H3;1-5H,6H2,(H,9,10). The van der Waals surface area contributed by atoms with Crippen LogP contribution in [-0.4, -0.2) is 17.0 Å². The quantitative estimate of drug-likeness (QED) is 0.859. The van der Waals surface area contributed by atoms with Crippen LogP contribution in [0.4, 0.5) is 0 Å². The molecule has 0 amide bonds. The first kappa shape index (κ1) is 17.4. The number of rotatable bonds is 5. The van der Waals surface area contributed by atoms with Crippen LogP contribution < -0.4 is 0 Å². The minimum atomic E-state index is -0.786. The third-order valence-electron chi connectivity index (χ3n) is 2.73. The Bertz CT molecular complexity index is 564. The van der Waals surface area contributed by atoms with E-state index in [4.69, 9.17) is 9.84 Å². The first-order valence-electron chi connectivity index (χ1n) is 7.07. The van der Waals surface area contributed by atoms with E-state index >= 15 is 0 Å². The summed E-state index contributed by atoms with van der Waals surface area (Å²) in [6.45, 7) is 2.17. The van der Waals surface area contributed by atoms with Crippen molar-refractivity contribution in [1.82, 2.24) is 0 Å². The molecule has 0 heterocycles. The molecule has 0 aliphatic heterocycles. The van der Waals surface area contributed by atoms with Crippen molar-refractivity contribution in [1.29, 1.82) is 0 Å². The van der Waals surface area contributed by atoms with Crippen LogP contribution in [0.2, 0.25) is 0 Å². The summed E-state index contributed by atoms with van der Waals surface area (Å²) >= 11 is 0. The summed E-state index contributed by atoms with van der Waals surface area (Å²) in [6.07, 6.45) is 0.549. The second kappa shape index (κ2) is 10.2. The molecule has 0 radical (unpaired) electrons. The van der Waals surface area contributed by atoms with Gasteiger partial charge in [-0.05, 0) is 11.1 Å². The molecule has 0 bridgehead atoms. The Morgan fingerprint density at radius 3 is 1.86 bits per heavy atom. The van der Waals surface area contributed by atoms with Crippen molar-refractivity contribution in [2.75, 3.05) is 0 Å². The molecule has 0 spiro atoms. The van der Waals surface area contributed by atoms with Crippen LogP contribution in [0.3, 0.4) is 0 Å². The molecular formula is C18H20O4. The molecule has 4 nitrogen and oxygen atoms in total. The monoisotopic (exact) mass is 300 g/mol. The molecule has 0 fully saturated rings. The zero-order valence-corrected chi connectivity index (χ0v) is 12.6. The van der Waals surface area contributed by atoms with Crippen molar-refractivity contribution in [3.8, 4) is 0 Å². The Morgan fingerprint density at radius 2 is 1.41 bits per heavy atom. The predicted molar refractivity (Wildman–Crippen MR) is 84.3 cm³/mol. The van der Waals surface area contributed by atoms with Gasteiger partial charge in [-0.3, -0.25) is 9.59 Å². The van der Waals surface area contributed by atoms with Gasteiger partial charge in [-0.1, -0.05) is 67.6 Å². The summed E-state index contributed by atoms with van der Waals surface area (Å²) in [7, 11) is 0.